The Balaban J connectivity index is 2.03. The average molecular weight is 252 g/mol. The number of nitrogens with two attached hydrogens (primary N) is 1. The Morgan fingerprint density at radius 1 is 1.11 bits per heavy atom. The molecule has 0 heterocycles. The van der Waals surface area contributed by atoms with Crippen molar-refractivity contribution in [1.29, 1.82) is 0 Å². The van der Waals surface area contributed by atoms with E-state index >= 15 is 0 Å². The van der Waals surface area contributed by atoms with Gasteiger partial charge in [-0.15, -0.1) is 0 Å². The molecular formula is C16H32N2. The summed E-state index contributed by atoms with van der Waals surface area (Å²) in [7, 11) is 0. The number of rotatable bonds is 4. The first-order valence-corrected chi connectivity index (χ1v) is 8.06. The minimum atomic E-state index is 0.473. The minimum absolute atomic E-state index is 0.473. The molecule has 0 aromatic heterocycles. The third kappa shape index (κ3) is 3.08. The topological polar surface area (TPSA) is 29.3 Å². The van der Waals surface area contributed by atoms with Crippen LogP contribution in [-0.2, 0) is 0 Å². The highest BCUT2D eigenvalue weighted by Crippen LogP contribution is 2.42. The van der Waals surface area contributed by atoms with Gasteiger partial charge in [0.1, 0.15) is 0 Å². The average Bonchev–Trinajstić information content (AvgIpc) is 2.67. The van der Waals surface area contributed by atoms with Crippen LogP contribution >= 0.6 is 0 Å². The van der Waals surface area contributed by atoms with Crippen LogP contribution in [0.1, 0.15) is 72.1 Å². The van der Waals surface area contributed by atoms with Crippen molar-refractivity contribution in [1.82, 2.24) is 4.90 Å². The molecule has 18 heavy (non-hydrogen) atoms. The summed E-state index contributed by atoms with van der Waals surface area (Å²) in [5, 5.41) is 0. The Labute approximate surface area is 113 Å². The molecule has 0 aromatic carbocycles. The van der Waals surface area contributed by atoms with Gasteiger partial charge in [0.2, 0.25) is 0 Å². The van der Waals surface area contributed by atoms with Crippen molar-refractivity contribution in [3.63, 3.8) is 0 Å². The van der Waals surface area contributed by atoms with Gasteiger partial charge in [0.25, 0.3) is 0 Å². The van der Waals surface area contributed by atoms with Crippen molar-refractivity contribution in [2.24, 2.45) is 11.1 Å². The Kier molecular flexibility index (Phi) is 4.71. The van der Waals surface area contributed by atoms with Crippen molar-refractivity contribution in [2.45, 2.75) is 90.3 Å². The molecule has 2 heteroatoms. The van der Waals surface area contributed by atoms with Crippen molar-refractivity contribution in [2.75, 3.05) is 6.54 Å². The van der Waals surface area contributed by atoms with E-state index in [-0.39, 0.29) is 0 Å². The molecule has 2 N–H and O–H groups in total. The first-order valence-electron chi connectivity index (χ1n) is 8.06. The third-order valence-electron chi connectivity index (χ3n) is 5.29. The Morgan fingerprint density at radius 3 is 2.28 bits per heavy atom. The molecule has 2 saturated carbocycles. The van der Waals surface area contributed by atoms with Gasteiger partial charge < -0.3 is 5.73 Å². The maximum Gasteiger partial charge on any atom is 0.0149 e. The van der Waals surface area contributed by atoms with Crippen LogP contribution in [0.3, 0.4) is 0 Å². The van der Waals surface area contributed by atoms with E-state index in [1.54, 1.807) is 0 Å². The molecule has 2 nitrogen and oxygen atoms in total. The van der Waals surface area contributed by atoms with Crippen molar-refractivity contribution < 1.29 is 0 Å². The van der Waals surface area contributed by atoms with Crippen molar-refractivity contribution in [3.05, 3.63) is 0 Å². The fraction of sp³-hybridized carbons (Fsp3) is 1.00. The predicted molar refractivity (Wildman–Crippen MR) is 78.6 cm³/mol. The highest BCUT2D eigenvalue weighted by molar-refractivity contribution is 4.95. The van der Waals surface area contributed by atoms with Gasteiger partial charge in [0, 0.05) is 18.1 Å². The van der Waals surface area contributed by atoms with Crippen LogP contribution in [0.25, 0.3) is 0 Å². The lowest BCUT2D eigenvalue weighted by Crippen LogP contribution is -2.50. The molecule has 1 unspecified atom stereocenters. The smallest absolute Gasteiger partial charge is 0.0149 e. The van der Waals surface area contributed by atoms with Gasteiger partial charge in [-0.1, -0.05) is 27.2 Å². The van der Waals surface area contributed by atoms with Crippen molar-refractivity contribution >= 4 is 0 Å². The van der Waals surface area contributed by atoms with Crippen molar-refractivity contribution in [3.8, 4) is 0 Å². The summed E-state index contributed by atoms with van der Waals surface area (Å²) in [5.74, 6) is 0. The van der Waals surface area contributed by atoms with Gasteiger partial charge in [-0.05, 0) is 56.9 Å². The lowest BCUT2D eigenvalue weighted by molar-refractivity contribution is 0.0492. The van der Waals surface area contributed by atoms with E-state index < -0.39 is 0 Å². The Bertz CT molecular complexity index is 254. The summed E-state index contributed by atoms with van der Waals surface area (Å²) < 4.78 is 0. The zero-order valence-corrected chi connectivity index (χ0v) is 12.6. The van der Waals surface area contributed by atoms with Gasteiger partial charge >= 0.3 is 0 Å². The van der Waals surface area contributed by atoms with Gasteiger partial charge in [-0.25, -0.2) is 0 Å². The molecule has 2 aliphatic rings. The van der Waals surface area contributed by atoms with E-state index in [1.807, 2.05) is 0 Å². The SMILES string of the molecule is CCCN(C1CCC(N)CC1)C1CCCC1(C)C. The number of hydrogen-bond acceptors (Lipinski definition) is 2. The summed E-state index contributed by atoms with van der Waals surface area (Å²) in [6.45, 7) is 8.56. The molecule has 0 aromatic rings. The molecular weight excluding hydrogens is 220 g/mol. The van der Waals surface area contributed by atoms with Crippen LogP contribution in [0.15, 0.2) is 0 Å². The summed E-state index contributed by atoms with van der Waals surface area (Å²) in [6.07, 6.45) is 10.6. The fourth-order valence-corrected chi connectivity index (χ4v) is 4.21. The van der Waals surface area contributed by atoms with Crippen LogP contribution in [0.4, 0.5) is 0 Å². The Morgan fingerprint density at radius 2 is 1.78 bits per heavy atom. The quantitative estimate of drug-likeness (QED) is 0.829. The second-order valence-corrected chi connectivity index (χ2v) is 7.20. The van der Waals surface area contributed by atoms with E-state index in [1.165, 1.54) is 57.9 Å². The summed E-state index contributed by atoms with van der Waals surface area (Å²) in [5.41, 5.74) is 6.58. The highest BCUT2D eigenvalue weighted by atomic mass is 15.2. The molecule has 0 aliphatic heterocycles. The summed E-state index contributed by atoms with van der Waals surface area (Å²) in [4.78, 5) is 2.86. The number of nitrogens with zero attached hydrogens (tertiary/aromatic N) is 1. The predicted octanol–water partition coefficient (Wildman–Crippen LogP) is 3.55. The van der Waals surface area contributed by atoms with E-state index in [2.05, 4.69) is 25.7 Å². The van der Waals surface area contributed by atoms with Gasteiger partial charge in [-0.3, -0.25) is 4.90 Å². The van der Waals surface area contributed by atoms with Gasteiger partial charge in [0.15, 0.2) is 0 Å². The molecule has 1 atom stereocenters. The molecule has 106 valence electrons. The van der Waals surface area contributed by atoms with Gasteiger partial charge in [-0.2, -0.15) is 0 Å². The summed E-state index contributed by atoms with van der Waals surface area (Å²) in [6, 6.07) is 2.10. The Hall–Kier alpha value is -0.0800. The maximum atomic E-state index is 6.06. The fourth-order valence-electron chi connectivity index (χ4n) is 4.21. The molecule has 0 bridgehead atoms. The van der Waals surface area contributed by atoms with Crippen LogP contribution in [-0.4, -0.2) is 29.6 Å². The van der Waals surface area contributed by atoms with Crippen LogP contribution in [0.2, 0.25) is 0 Å². The van der Waals surface area contributed by atoms with E-state index in [9.17, 15) is 0 Å². The maximum absolute atomic E-state index is 6.06. The lowest BCUT2D eigenvalue weighted by atomic mass is 9.83. The molecule has 0 radical (unpaired) electrons. The molecule has 0 saturated heterocycles. The van der Waals surface area contributed by atoms with E-state index in [0.717, 1.165) is 12.1 Å². The molecule has 2 fully saturated rings. The monoisotopic (exact) mass is 252 g/mol. The van der Waals surface area contributed by atoms with Crippen LogP contribution in [0, 0.1) is 5.41 Å². The highest BCUT2D eigenvalue weighted by Gasteiger charge is 2.40. The van der Waals surface area contributed by atoms with E-state index in [0.29, 0.717) is 11.5 Å². The van der Waals surface area contributed by atoms with Crippen LogP contribution in [0.5, 0.6) is 0 Å². The molecule has 2 aliphatic carbocycles. The molecule has 0 spiro atoms. The third-order valence-corrected chi connectivity index (χ3v) is 5.29. The minimum Gasteiger partial charge on any atom is -0.328 e. The zero-order chi connectivity index (χ0) is 13.2. The standard InChI is InChI=1S/C16H32N2/c1-4-12-18(14-9-7-13(17)8-10-14)15-6-5-11-16(15,2)3/h13-15H,4-12,17H2,1-3H3. The van der Waals surface area contributed by atoms with E-state index in [4.69, 9.17) is 5.73 Å². The molecule has 2 rings (SSSR count). The van der Waals surface area contributed by atoms with Crippen LogP contribution < -0.4 is 5.73 Å². The molecule has 0 amide bonds. The first-order chi connectivity index (χ1) is 8.54. The lowest BCUT2D eigenvalue weighted by Gasteiger charge is -2.44. The second kappa shape index (κ2) is 5.92. The second-order valence-electron chi connectivity index (χ2n) is 7.20. The number of hydrogen-bond donors (Lipinski definition) is 1. The normalized spacial score (nSPS) is 36.2. The largest absolute Gasteiger partial charge is 0.328 e. The first kappa shape index (κ1) is 14.3. The zero-order valence-electron chi connectivity index (χ0n) is 12.6. The van der Waals surface area contributed by atoms with Gasteiger partial charge in [0.05, 0.1) is 0 Å². The summed E-state index contributed by atoms with van der Waals surface area (Å²) >= 11 is 0.